The van der Waals surface area contributed by atoms with Gasteiger partial charge in [0.2, 0.25) is 0 Å². The molecule has 0 heterocycles. The van der Waals surface area contributed by atoms with E-state index in [9.17, 15) is 0 Å². The minimum Gasteiger partial charge on any atom is -0.0840 e. The minimum atomic E-state index is 0.342. The number of halogens is 2. The van der Waals surface area contributed by atoms with Crippen LogP contribution in [0.4, 0.5) is 0 Å². The Morgan fingerprint density at radius 2 is 1.73 bits per heavy atom. The molecule has 0 N–H and O–H groups in total. The predicted octanol–water partition coefficient (Wildman–Crippen LogP) is 5.27. The molecule has 0 nitrogen and oxygen atoms in total. The molecule has 0 aromatic heterocycles. The zero-order valence-corrected chi connectivity index (χ0v) is 10.2. The normalized spacial score (nSPS) is 11.3. The van der Waals surface area contributed by atoms with Crippen molar-refractivity contribution < 1.29 is 0 Å². The Balaban J connectivity index is 2.84. The Morgan fingerprint density at radius 3 is 2.40 bits per heavy atom. The second-order valence-corrected chi connectivity index (χ2v) is 4.75. The highest BCUT2D eigenvalue weighted by Gasteiger charge is 2.12. The van der Waals surface area contributed by atoms with Crippen LogP contribution in [0.5, 0.6) is 0 Å². The number of fused-ring (bicyclic) bond motifs is 1. The molecule has 0 fully saturated rings. The van der Waals surface area contributed by atoms with Gasteiger partial charge in [-0.1, -0.05) is 61.3 Å². The van der Waals surface area contributed by atoms with Crippen LogP contribution in [0.3, 0.4) is 0 Å². The molecule has 78 valence electrons. The highest BCUT2D eigenvalue weighted by Crippen LogP contribution is 2.37. The Labute approximate surface area is 99.8 Å². The second-order valence-electron chi connectivity index (χ2n) is 3.96. The molecule has 0 aliphatic heterocycles. The summed E-state index contributed by atoms with van der Waals surface area (Å²) in [4.78, 5) is 0. The Bertz CT molecular complexity index is 501. The zero-order chi connectivity index (χ0) is 11.0. The van der Waals surface area contributed by atoms with Crippen LogP contribution in [0.2, 0.25) is 10.0 Å². The van der Waals surface area contributed by atoms with Gasteiger partial charge in [-0.05, 0) is 22.9 Å². The average molecular weight is 239 g/mol. The molecule has 2 aromatic rings. The van der Waals surface area contributed by atoms with Gasteiger partial charge < -0.3 is 0 Å². The van der Waals surface area contributed by atoms with Gasteiger partial charge in [0.1, 0.15) is 0 Å². The molecule has 0 amide bonds. The quantitative estimate of drug-likeness (QED) is 0.635. The summed E-state index contributed by atoms with van der Waals surface area (Å²) < 4.78 is 0. The van der Waals surface area contributed by atoms with Gasteiger partial charge in [0.25, 0.3) is 0 Å². The Kier molecular flexibility index (Phi) is 2.90. The van der Waals surface area contributed by atoms with Crippen molar-refractivity contribution in [1.82, 2.24) is 0 Å². The third-order valence-corrected chi connectivity index (χ3v) is 3.27. The fourth-order valence-corrected chi connectivity index (χ4v) is 2.79. The van der Waals surface area contributed by atoms with E-state index >= 15 is 0 Å². The molecule has 0 saturated heterocycles. The maximum absolute atomic E-state index is 6.36. The lowest BCUT2D eigenvalue weighted by molar-refractivity contribution is 0.869. The van der Waals surface area contributed by atoms with Crippen LogP contribution in [0.15, 0.2) is 30.3 Å². The highest BCUT2D eigenvalue weighted by molar-refractivity contribution is 6.40. The van der Waals surface area contributed by atoms with Crippen LogP contribution in [-0.4, -0.2) is 0 Å². The summed E-state index contributed by atoms with van der Waals surface area (Å²) in [5.74, 6) is 0.342. The van der Waals surface area contributed by atoms with Crippen LogP contribution >= 0.6 is 23.2 Å². The number of hydrogen-bond donors (Lipinski definition) is 0. The van der Waals surface area contributed by atoms with Crippen LogP contribution in [0.1, 0.15) is 25.3 Å². The van der Waals surface area contributed by atoms with Gasteiger partial charge in [0.15, 0.2) is 0 Å². The first-order chi connectivity index (χ1) is 7.11. The number of benzene rings is 2. The largest absolute Gasteiger partial charge is 0.0840 e. The number of rotatable bonds is 1. The summed E-state index contributed by atoms with van der Waals surface area (Å²) in [7, 11) is 0. The Morgan fingerprint density at radius 1 is 1.07 bits per heavy atom. The van der Waals surface area contributed by atoms with E-state index in [2.05, 4.69) is 13.8 Å². The van der Waals surface area contributed by atoms with Gasteiger partial charge in [0, 0.05) is 10.4 Å². The molecule has 0 radical (unpaired) electrons. The zero-order valence-electron chi connectivity index (χ0n) is 8.72. The first-order valence-electron chi connectivity index (χ1n) is 4.98. The van der Waals surface area contributed by atoms with Crippen LogP contribution < -0.4 is 0 Å². The monoisotopic (exact) mass is 238 g/mol. The van der Waals surface area contributed by atoms with Crippen molar-refractivity contribution in [3.63, 3.8) is 0 Å². The van der Waals surface area contributed by atoms with Crippen LogP contribution in [-0.2, 0) is 0 Å². The van der Waals surface area contributed by atoms with Crippen molar-refractivity contribution in [2.45, 2.75) is 19.8 Å². The molecule has 0 atom stereocenters. The van der Waals surface area contributed by atoms with E-state index in [1.54, 1.807) is 0 Å². The van der Waals surface area contributed by atoms with Crippen molar-refractivity contribution in [2.75, 3.05) is 0 Å². The second kappa shape index (κ2) is 4.03. The van der Waals surface area contributed by atoms with Crippen molar-refractivity contribution in [1.29, 1.82) is 0 Å². The average Bonchev–Trinajstić information content (AvgIpc) is 2.17. The molecule has 2 heteroatoms. The lowest BCUT2D eigenvalue weighted by atomic mass is 9.99. The SMILES string of the molecule is CC(C)c1c(Cl)cc2ccccc2c1Cl. The molecular weight excluding hydrogens is 227 g/mol. The van der Waals surface area contributed by atoms with Crippen LogP contribution in [0, 0.1) is 0 Å². The van der Waals surface area contributed by atoms with E-state index in [0.717, 1.165) is 26.4 Å². The molecule has 0 spiro atoms. The van der Waals surface area contributed by atoms with E-state index in [-0.39, 0.29) is 0 Å². The first-order valence-corrected chi connectivity index (χ1v) is 5.73. The topological polar surface area (TPSA) is 0 Å². The third-order valence-electron chi connectivity index (χ3n) is 2.55. The maximum atomic E-state index is 6.36. The van der Waals surface area contributed by atoms with Gasteiger partial charge in [-0.2, -0.15) is 0 Å². The van der Waals surface area contributed by atoms with E-state index < -0.39 is 0 Å². The predicted molar refractivity (Wildman–Crippen MR) is 68.1 cm³/mol. The van der Waals surface area contributed by atoms with E-state index in [1.165, 1.54) is 0 Å². The summed E-state index contributed by atoms with van der Waals surface area (Å²) in [5.41, 5.74) is 1.04. The molecule has 2 rings (SSSR count). The molecule has 15 heavy (non-hydrogen) atoms. The molecule has 0 unspecified atom stereocenters. The summed E-state index contributed by atoms with van der Waals surface area (Å²) in [6, 6.07) is 10.0. The lowest BCUT2D eigenvalue weighted by Crippen LogP contribution is -1.91. The van der Waals surface area contributed by atoms with Gasteiger partial charge in [-0.3, -0.25) is 0 Å². The van der Waals surface area contributed by atoms with Crippen molar-refractivity contribution in [2.24, 2.45) is 0 Å². The molecule has 0 saturated carbocycles. The van der Waals surface area contributed by atoms with Crippen molar-refractivity contribution in [3.8, 4) is 0 Å². The molecule has 0 aliphatic rings. The fraction of sp³-hybridized carbons (Fsp3) is 0.231. The van der Waals surface area contributed by atoms with Crippen molar-refractivity contribution in [3.05, 3.63) is 45.9 Å². The van der Waals surface area contributed by atoms with Crippen LogP contribution in [0.25, 0.3) is 10.8 Å². The van der Waals surface area contributed by atoms with Gasteiger partial charge >= 0.3 is 0 Å². The van der Waals surface area contributed by atoms with E-state index in [1.807, 2.05) is 30.3 Å². The minimum absolute atomic E-state index is 0.342. The highest BCUT2D eigenvalue weighted by atomic mass is 35.5. The van der Waals surface area contributed by atoms with E-state index in [0.29, 0.717) is 5.92 Å². The number of hydrogen-bond acceptors (Lipinski definition) is 0. The molecule has 2 aromatic carbocycles. The van der Waals surface area contributed by atoms with Gasteiger partial charge in [-0.15, -0.1) is 0 Å². The summed E-state index contributed by atoms with van der Waals surface area (Å²) in [6.45, 7) is 4.20. The van der Waals surface area contributed by atoms with E-state index in [4.69, 9.17) is 23.2 Å². The van der Waals surface area contributed by atoms with Gasteiger partial charge in [-0.25, -0.2) is 0 Å². The van der Waals surface area contributed by atoms with Crippen molar-refractivity contribution >= 4 is 34.0 Å². The standard InChI is InChI=1S/C13H12Cl2/c1-8(2)12-11(14)7-9-5-3-4-6-10(9)13(12)15/h3-8H,1-2H3. The summed E-state index contributed by atoms with van der Waals surface area (Å²) in [6.07, 6.45) is 0. The van der Waals surface area contributed by atoms with Gasteiger partial charge in [0.05, 0.1) is 5.02 Å². The molecular formula is C13H12Cl2. The third kappa shape index (κ3) is 1.84. The lowest BCUT2D eigenvalue weighted by Gasteiger charge is -2.13. The molecule has 0 bridgehead atoms. The Hall–Kier alpha value is -0.720. The fourth-order valence-electron chi connectivity index (χ4n) is 1.82. The molecule has 0 aliphatic carbocycles. The summed E-state index contributed by atoms with van der Waals surface area (Å²) in [5, 5.41) is 3.71. The summed E-state index contributed by atoms with van der Waals surface area (Å²) >= 11 is 12.6. The smallest absolute Gasteiger partial charge is 0.0533 e. The maximum Gasteiger partial charge on any atom is 0.0533 e. The first kappa shape index (κ1) is 10.8.